The monoisotopic (exact) mass is 235 g/mol. The predicted octanol–water partition coefficient (Wildman–Crippen LogP) is 1.60. The van der Waals surface area contributed by atoms with E-state index < -0.39 is 0 Å². The Morgan fingerprint density at radius 1 is 1.47 bits per heavy atom. The minimum atomic E-state index is -0.104. The number of methoxy groups -OCH3 is 1. The zero-order valence-electron chi connectivity index (χ0n) is 10.6. The number of benzene rings is 1. The van der Waals surface area contributed by atoms with Crippen LogP contribution < -0.4 is 10.1 Å². The first kappa shape index (κ1) is 12.4. The molecule has 3 nitrogen and oxygen atoms in total. The van der Waals surface area contributed by atoms with Crippen molar-refractivity contribution in [2.24, 2.45) is 5.92 Å². The maximum absolute atomic E-state index is 9.32. The lowest BCUT2D eigenvalue weighted by Crippen LogP contribution is -2.39. The summed E-state index contributed by atoms with van der Waals surface area (Å²) in [5.41, 5.74) is 1.15. The maximum Gasteiger partial charge on any atom is 0.122 e. The Kier molecular flexibility index (Phi) is 3.69. The molecule has 2 unspecified atom stereocenters. The number of ether oxygens (including phenoxy) is 1. The fourth-order valence-corrected chi connectivity index (χ4v) is 2.62. The number of aliphatic hydroxyl groups is 1. The van der Waals surface area contributed by atoms with Crippen molar-refractivity contribution in [3.63, 3.8) is 0 Å². The van der Waals surface area contributed by atoms with Crippen LogP contribution >= 0.6 is 0 Å². The van der Waals surface area contributed by atoms with Gasteiger partial charge in [0.1, 0.15) is 5.75 Å². The molecule has 0 bridgehead atoms. The van der Waals surface area contributed by atoms with E-state index in [9.17, 15) is 5.11 Å². The van der Waals surface area contributed by atoms with Gasteiger partial charge in [-0.3, -0.25) is 0 Å². The smallest absolute Gasteiger partial charge is 0.122 e. The minimum absolute atomic E-state index is 0.104. The average Bonchev–Trinajstić information content (AvgIpc) is 2.73. The van der Waals surface area contributed by atoms with Crippen molar-refractivity contribution in [2.75, 3.05) is 20.3 Å². The molecule has 2 atom stereocenters. The number of nitrogens with one attached hydrogen (secondary N) is 1. The Hall–Kier alpha value is -1.06. The van der Waals surface area contributed by atoms with E-state index in [1.165, 1.54) is 5.56 Å². The standard InChI is InChI=1S/C14H21NO2/c1-14(10-16)8-11(9-15-14)7-12-5-3-4-6-13(12)17-2/h3-6,11,15-16H,7-10H2,1-2H3. The molecule has 3 heteroatoms. The Bertz CT molecular complexity index is 380. The third kappa shape index (κ3) is 2.79. The molecule has 2 rings (SSSR count). The minimum Gasteiger partial charge on any atom is -0.496 e. The molecule has 17 heavy (non-hydrogen) atoms. The van der Waals surface area contributed by atoms with Crippen LogP contribution in [0.25, 0.3) is 0 Å². The molecule has 1 fully saturated rings. The van der Waals surface area contributed by atoms with Gasteiger partial charge in [-0.25, -0.2) is 0 Å². The second-order valence-electron chi connectivity index (χ2n) is 5.19. The van der Waals surface area contributed by atoms with Crippen LogP contribution in [-0.2, 0) is 6.42 Å². The second-order valence-corrected chi connectivity index (χ2v) is 5.19. The summed E-state index contributed by atoms with van der Waals surface area (Å²) in [6.45, 7) is 3.25. The molecule has 1 saturated heterocycles. The van der Waals surface area contributed by atoms with Gasteiger partial charge in [0.25, 0.3) is 0 Å². The second kappa shape index (κ2) is 5.07. The lowest BCUT2D eigenvalue weighted by Gasteiger charge is -2.21. The van der Waals surface area contributed by atoms with Crippen LogP contribution in [0.2, 0.25) is 0 Å². The Morgan fingerprint density at radius 3 is 2.88 bits per heavy atom. The van der Waals surface area contributed by atoms with Gasteiger partial charge in [-0.2, -0.15) is 0 Å². The summed E-state index contributed by atoms with van der Waals surface area (Å²) in [4.78, 5) is 0. The van der Waals surface area contributed by atoms with Gasteiger partial charge in [0.05, 0.1) is 13.7 Å². The molecule has 94 valence electrons. The first-order valence-corrected chi connectivity index (χ1v) is 6.14. The zero-order valence-corrected chi connectivity index (χ0v) is 10.6. The van der Waals surface area contributed by atoms with E-state index in [-0.39, 0.29) is 12.1 Å². The highest BCUT2D eigenvalue weighted by Gasteiger charge is 2.34. The summed E-state index contributed by atoms with van der Waals surface area (Å²) in [6, 6.07) is 8.16. The van der Waals surface area contributed by atoms with Crippen LogP contribution in [0.5, 0.6) is 5.75 Å². The molecule has 1 aliphatic heterocycles. The predicted molar refractivity (Wildman–Crippen MR) is 68.3 cm³/mol. The van der Waals surface area contributed by atoms with Gasteiger partial charge in [-0.1, -0.05) is 18.2 Å². The van der Waals surface area contributed by atoms with Gasteiger partial charge < -0.3 is 15.2 Å². The molecule has 0 spiro atoms. The summed E-state index contributed by atoms with van der Waals surface area (Å²) in [5, 5.41) is 12.7. The van der Waals surface area contributed by atoms with Crippen molar-refractivity contribution in [3.8, 4) is 5.75 Å². The highest BCUT2D eigenvalue weighted by atomic mass is 16.5. The topological polar surface area (TPSA) is 41.5 Å². The Labute approximate surface area is 103 Å². The largest absolute Gasteiger partial charge is 0.496 e. The number of rotatable bonds is 4. The van der Waals surface area contributed by atoms with Gasteiger partial charge in [-0.05, 0) is 43.9 Å². The van der Waals surface area contributed by atoms with Crippen LogP contribution in [0.4, 0.5) is 0 Å². The van der Waals surface area contributed by atoms with Crippen molar-refractivity contribution in [2.45, 2.75) is 25.3 Å². The van der Waals surface area contributed by atoms with E-state index in [4.69, 9.17) is 4.74 Å². The first-order chi connectivity index (χ1) is 8.17. The Morgan fingerprint density at radius 2 is 2.24 bits per heavy atom. The van der Waals surface area contributed by atoms with Gasteiger partial charge in [-0.15, -0.1) is 0 Å². The van der Waals surface area contributed by atoms with Crippen molar-refractivity contribution in [1.82, 2.24) is 5.32 Å². The van der Waals surface area contributed by atoms with E-state index in [0.29, 0.717) is 5.92 Å². The molecular formula is C14H21NO2. The summed E-state index contributed by atoms with van der Waals surface area (Å²) < 4.78 is 5.36. The van der Waals surface area contributed by atoms with Crippen LogP contribution in [-0.4, -0.2) is 30.9 Å². The van der Waals surface area contributed by atoms with E-state index in [1.54, 1.807) is 7.11 Å². The van der Waals surface area contributed by atoms with E-state index in [1.807, 2.05) is 18.2 Å². The van der Waals surface area contributed by atoms with Gasteiger partial charge in [0, 0.05) is 5.54 Å². The normalized spacial score (nSPS) is 28.3. The fourth-order valence-electron chi connectivity index (χ4n) is 2.62. The number of hydrogen-bond acceptors (Lipinski definition) is 3. The quantitative estimate of drug-likeness (QED) is 0.833. The van der Waals surface area contributed by atoms with Crippen LogP contribution in [0.15, 0.2) is 24.3 Å². The Balaban J connectivity index is 2.03. The number of aliphatic hydroxyl groups excluding tert-OH is 1. The third-order valence-electron chi connectivity index (χ3n) is 3.61. The molecule has 0 amide bonds. The van der Waals surface area contributed by atoms with Crippen molar-refractivity contribution in [1.29, 1.82) is 0 Å². The highest BCUT2D eigenvalue weighted by Crippen LogP contribution is 2.29. The zero-order chi connectivity index (χ0) is 12.3. The summed E-state index contributed by atoms with van der Waals surface area (Å²) in [7, 11) is 1.71. The molecule has 1 heterocycles. The van der Waals surface area contributed by atoms with E-state index in [0.717, 1.165) is 25.1 Å². The van der Waals surface area contributed by atoms with Gasteiger partial charge >= 0.3 is 0 Å². The molecule has 2 N–H and O–H groups in total. The first-order valence-electron chi connectivity index (χ1n) is 6.14. The average molecular weight is 235 g/mol. The lowest BCUT2D eigenvalue weighted by atomic mass is 9.91. The van der Waals surface area contributed by atoms with Crippen LogP contribution in [0.3, 0.4) is 0 Å². The van der Waals surface area contributed by atoms with Gasteiger partial charge in [0.15, 0.2) is 0 Å². The molecule has 0 aromatic heterocycles. The van der Waals surface area contributed by atoms with Crippen molar-refractivity contribution in [3.05, 3.63) is 29.8 Å². The molecule has 1 aromatic carbocycles. The van der Waals surface area contributed by atoms with Crippen molar-refractivity contribution >= 4 is 0 Å². The lowest BCUT2D eigenvalue weighted by molar-refractivity contribution is 0.189. The SMILES string of the molecule is COc1ccccc1CC1CNC(C)(CO)C1. The van der Waals surface area contributed by atoms with E-state index in [2.05, 4.69) is 18.3 Å². The highest BCUT2D eigenvalue weighted by molar-refractivity contribution is 5.33. The molecule has 1 aliphatic rings. The number of hydrogen-bond donors (Lipinski definition) is 2. The number of para-hydroxylation sites is 1. The summed E-state index contributed by atoms with van der Waals surface area (Å²) >= 11 is 0. The third-order valence-corrected chi connectivity index (χ3v) is 3.61. The molecule has 1 aromatic rings. The van der Waals surface area contributed by atoms with E-state index >= 15 is 0 Å². The molecule has 0 radical (unpaired) electrons. The molecular weight excluding hydrogens is 214 g/mol. The van der Waals surface area contributed by atoms with Gasteiger partial charge in [0.2, 0.25) is 0 Å². The molecule has 0 saturated carbocycles. The molecule has 0 aliphatic carbocycles. The van der Waals surface area contributed by atoms with Crippen LogP contribution in [0, 0.1) is 5.92 Å². The maximum atomic E-state index is 9.32. The van der Waals surface area contributed by atoms with Crippen LogP contribution in [0.1, 0.15) is 18.9 Å². The summed E-state index contributed by atoms with van der Waals surface area (Å²) in [6.07, 6.45) is 2.02. The summed E-state index contributed by atoms with van der Waals surface area (Å²) in [5.74, 6) is 1.54. The van der Waals surface area contributed by atoms with Crippen molar-refractivity contribution < 1.29 is 9.84 Å². The fraction of sp³-hybridized carbons (Fsp3) is 0.571.